The fraction of sp³-hybridized carbons (Fsp3) is 0.160. The second kappa shape index (κ2) is 11.0. The highest BCUT2D eigenvalue weighted by Crippen LogP contribution is 2.26. The summed E-state index contributed by atoms with van der Waals surface area (Å²) in [6, 6.07) is 16.5. The van der Waals surface area contributed by atoms with Crippen LogP contribution in [0, 0.1) is 18.6 Å². The minimum atomic E-state index is -1.05. The Morgan fingerprint density at radius 1 is 0.971 bits per heavy atom. The van der Waals surface area contributed by atoms with Gasteiger partial charge in [-0.2, -0.15) is 0 Å². The molecule has 0 heterocycles. The largest absolute Gasteiger partial charge is 0.445 e. The van der Waals surface area contributed by atoms with E-state index in [0.717, 1.165) is 23.8 Å². The molecule has 3 rings (SSSR count). The molecule has 0 aliphatic carbocycles. The van der Waals surface area contributed by atoms with E-state index in [1.807, 2.05) is 6.07 Å². The van der Waals surface area contributed by atoms with Crippen molar-refractivity contribution in [1.82, 2.24) is 5.32 Å². The van der Waals surface area contributed by atoms with Crippen LogP contribution in [0.1, 0.15) is 33.0 Å². The van der Waals surface area contributed by atoms with Gasteiger partial charge in [-0.25, -0.2) is 13.6 Å². The summed E-state index contributed by atoms with van der Waals surface area (Å²) < 4.78 is 33.1. The van der Waals surface area contributed by atoms with Gasteiger partial charge in [0.1, 0.15) is 18.2 Å². The lowest BCUT2D eigenvalue weighted by Crippen LogP contribution is -2.35. The first-order chi connectivity index (χ1) is 16.3. The molecule has 4 N–H and O–H groups in total. The Hall–Kier alpha value is -4.27. The van der Waals surface area contributed by atoms with E-state index in [4.69, 9.17) is 10.5 Å². The van der Waals surface area contributed by atoms with Gasteiger partial charge in [-0.3, -0.25) is 9.59 Å². The van der Waals surface area contributed by atoms with Crippen molar-refractivity contribution in [2.75, 3.05) is 11.9 Å². The molecule has 0 saturated carbocycles. The summed E-state index contributed by atoms with van der Waals surface area (Å²) in [6.45, 7) is 1.35. The first-order valence-electron chi connectivity index (χ1n) is 10.4. The molecule has 0 aromatic heterocycles. The average Bonchev–Trinajstić information content (AvgIpc) is 2.81. The highest BCUT2D eigenvalue weighted by molar-refractivity contribution is 6.05. The molecule has 3 amide bonds. The van der Waals surface area contributed by atoms with Crippen LogP contribution in [0.15, 0.2) is 66.7 Å². The molecule has 0 spiro atoms. The Bertz CT molecular complexity index is 1180. The second-order valence-corrected chi connectivity index (χ2v) is 7.51. The van der Waals surface area contributed by atoms with Crippen LogP contribution in [0.25, 0.3) is 0 Å². The van der Waals surface area contributed by atoms with Crippen LogP contribution in [-0.4, -0.2) is 24.5 Å². The van der Waals surface area contributed by atoms with E-state index in [-0.39, 0.29) is 24.4 Å². The number of nitrogens with two attached hydrogens (primary N) is 1. The summed E-state index contributed by atoms with van der Waals surface area (Å²) in [4.78, 5) is 37.1. The molecule has 34 heavy (non-hydrogen) atoms. The zero-order valence-electron chi connectivity index (χ0n) is 18.3. The second-order valence-electron chi connectivity index (χ2n) is 7.51. The molecule has 0 bridgehead atoms. The lowest BCUT2D eigenvalue weighted by Gasteiger charge is -2.20. The van der Waals surface area contributed by atoms with Gasteiger partial charge < -0.3 is 21.1 Å². The topological polar surface area (TPSA) is 111 Å². The standard InChI is InChI=1S/C25H23F2N3O4/c1-15-7-12-20(27)22(21(15)23(28)31)30-24(32)19(17-8-10-18(26)11-9-17)13-29-25(33)34-14-16-5-3-2-4-6-16/h2-12,19H,13-14H2,1H3,(H2,28,31)(H,29,33)(H,30,32). The smallest absolute Gasteiger partial charge is 0.407 e. The van der Waals surface area contributed by atoms with Gasteiger partial charge in [-0.05, 0) is 41.8 Å². The molecule has 3 aromatic rings. The normalized spacial score (nSPS) is 11.4. The van der Waals surface area contributed by atoms with Crippen LogP contribution >= 0.6 is 0 Å². The third-order valence-corrected chi connectivity index (χ3v) is 5.11. The van der Waals surface area contributed by atoms with Gasteiger partial charge >= 0.3 is 6.09 Å². The van der Waals surface area contributed by atoms with E-state index < -0.39 is 35.5 Å². The maximum Gasteiger partial charge on any atom is 0.407 e. The van der Waals surface area contributed by atoms with Crippen molar-refractivity contribution in [3.8, 4) is 0 Å². The summed E-state index contributed by atoms with van der Waals surface area (Å²) >= 11 is 0. The maximum atomic E-state index is 14.5. The number of hydrogen-bond donors (Lipinski definition) is 3. The van der Waals surface area contributed by atoms with Gasteiger partial charge in [0.05, 0.1) is 17.2 Å². The minimum absolute atomic E-state index is 0.0244. The van der Waals surface area contributed by atoms with Gasteiger partial charge in [0, 0.05) is 6.54 Å². The summed E-state index contributed by atoms with van der Waals surface area (Å²) in [5.74, 6) is -4.06. The highest BCUT2D eigenvalue weighted by atomic mass is 19.1. The third kappa shape index (κ3) is 6.16. The molecule has 0 fully saturated rings. The first-order valence-corrected chi connectivity index (χ1v) is 10.4. The summed E-state index contributed by atoms with van der Waals surface area (Å²) in [7, 11) is 0. The fourth-order valence-corrected chi connectivity index (χ4v) is 3.35. The minimum Gasteiger partial charge on any atom is -0.445 e. The number of nitrogens with one attached hydrogen (secondary N) is 2. The van der Waals surface area contributed by atoms with Gasteiger partial charge in [0.25, 0.3) is 5.91 Å². The monoisotopic (exact) mass is 467 g/mol. The van der Waals surface area contributed by atoms with Gasteiger partial charge in [-0.15, -0.1) is 0 Å². The number of aryl methyl sites for hydroxylation is 1. The van der Waals surface area contributed by atoms with Crippen LogP contribution < -0.4 is 16.4 Å². The van der Waals surface area contributed by atoms with E-state index in [1.165, 1.54) is 18.2 Å². The number of ether oxygens (including phenoxy) is 1. The third-order valence-electron chi connectivity index (χ3n) is 5.11. The van der Waals surface area contributed by atoms with E-state index in [9.17, 15) is 23.2 Å². The number of primary amides is 1. The Morgan fingerprint density at radius 2 is 1.65 bits per heavy atom. The Morgan fingerprint density at radius 3 is 2.29 bits per heavy atom. The number of hydrogen-bond acceptors (Lipinski definition) is 4. The zero-order chi connectivity index (χ0) is 24.7. The molecular weight excluding hydrogens is 444 g/mol. The van der Waals surface area contributed by atoms with Crippen molar-refractivity contribution in [2.24, 2.45) is 5.73 Å². The van der Waals surface area contributed by atoms with Crippen molar-refractivity contribution >= 4 is 23.6 Å². The van der Waals surface area contributed by atoms with Crippen LogP contribution in [0.2, 0.25) is 0 Å². The van der Waals surface area contributed by atoms with Gasteiger partial charge in [0.15, 0.2) is 0 Å². The van der Waals surface area contributed by atoms with E-state index in [1.54, 1.807) is 31.2 Å². The van der Waals surface area contributed by atoms with Crippen molar-refractivity contribution in [2.45, 2.75) is 19.4 Å². The summed E-state index contributed by atoms with van der Waals surface area (Å²) in [6.07, 6.45) is -0.775. The van der Waals surface area contributed by atoms with Gasteiger partial charge in [-0.1, -0.05) is 48.5 Å². The SMILES string of the molecule is Cc1ccc(F)c(NC(=O)C(CNC(=O)OCc2ccccc2)c2ccc(F)cc2)c1C(N)=O. The number of carbonyl (C=O) groups excluding carboxylic acids is 3. The first kappa shape index (κ1) is 24.4. The number of carbonyl (C=O) groups is 3. The Kier molecular flexibility index (Phi) is 7.92. The highest BCUT2D eigenvalue weighted by Gasteiger charge is 2.25. The van der Waals surface area contributed by atoms with Crippen molar-refractivity contribution in [3.05, 3.63) is 101 Å². The summed E-state index contributed by atoms with van der Waals surface area (Å²) in [5.41, 5.74) is 6.36. The number of alkyl carbamates (subject to hydrolysis) is 1. The molecule has 0 aliphatic rings. The van der Waals surface area contributed by atoms with Crippen molar-refractivity contribution < 1.29 is 27.9 Å². The number of halogens is 2. The van der Waals surface area contributed by atoms with Gasteiger partial charge in [0.2, 0.25) is 5.91 Å². The molecule has 9 heteroatoms. The number of anilines is 1. The molecule has 0 aliphatic heterocycles. The molecule has 1 unspecified atom stereocenters. The summed E-state index contributed by atoms with van der Waals surface area (Å²) in [5, 5.41) is 4.89. The molecule has 7 nitrogen and oxygen atoms in total. The van der Waals surface area contributed by atoms with Crippen LogP contribution in [0.4, 0.5) is 19.3 Å². The molecule has 176 valence electrons. The molecule has 0 radical (unpaired) electrons. The predicted octanol–water partition coefficient (Wildman–Crippen LogP) is 4.02. The van der Waals surface area contributed by atoms with E-state index >= 15 is 0 Å². The van der Waals surface area contributed by atoms with E-state index in [2.05, 4.69) is 10.6 Å². The fourth-order valence-electron chi connectivity index (χ4n) is 3.35. The lowest BCUT2D eigenvalue weighted by atomic mass is 9.97. The number of benzene rings is 3. The Balaban J connectivity index is 1.78. The van der Waals surface area contributed by atoms with Crippen molar-refractivity contribution in [3.63, 3.8) is 0 Å². The lowest BCUT2D eigenvalue weighted by molar-refractivity contribution is -0.117. The molecule has 1 atom stereocenters. The molecule has 0 saturated heterocycles. The zero-order valence-corrected chi connectivity index (χ0v) is 18.3. The van der Waals surface area contributed by atoms with Crippen LogP contribution in [-0.2, 0) is 16.1 Å². The Labute approximate surface area is 194 Å². The van der Waals surface area contributed by atoms with Crippen molar-refractivity contribution in [1.29, 1.82) is 0 Å². The van der Waals surface area contributed by atoms with Crippen LogP contribution in [0.3, 0.4) is 0 Å². The molecule has 3 aromatic carbocycles. The molecular formula is C25H23F2N3O4. The van der Waals surface area contributed by atoms with Crippen LogP contribution in [0.5, 0.6) is 0 Å². The predicted molar refractivity (Wildman–Crippen MR) is 122 cm³/mol. The quantitative estimate of drug-likeness (QED) is 0.465. The maximum absolute atomic E-state index is 14.5. The number of amides is 3. The van der Waals surface area contributed by atoms with E-state index in [0.29, 0.717) is 11.1 Å². The average molecular weight is 467 g/mol. The number of rotatable bonds is 8.